The first kappa shape index (κ1) is 24.7. The van der Waals surface area contributed by atoms with E-state index < -0.39 is 23.9 Å². The number of benzene rings is 3. The van der Waals surface area contributed by atoms with Crippen molar-refractivity contribution in [3.8, 4) is 11.5 Å². The van der Waals surface area contributed by atoms with Gasteiger partial charge < -0.3 is 19.7 Å². The van der Waals surface area contributed by atoms with Crippen molar-refractivity contribution in [2.24, 2.45) is 0 Å². The Morgan fingerprint density at radius 3 is 1.65 bits per heavy atom. The summed E-state index contributed by atoms with van der Waals surface area (Å²) in [7, 11) is 0. The van der Waals surface area contributed by atoms with Crippen LogP contribution >= 0.6 is 0 Å². The largest absolute Gasteiger partial charge is 0.481 e. The number of carbonyl (C=O) groups is 4. The molecule has 0 aliphatic rings. The van der Waals surface area contributed by atoms with Crippen LogP contribution in [0.3, 0.4) is 0 Å². The van der Waals surface area contributed by atoms with Crippen LogP contribution in [0.5, 0.6) is 11.5 Å². The summed E-state index contributed by atoms with van der Waals surface area (Å²) in [6.45, 7) is 5.97. The average Bonchev–Trinajstić information content (AvgIpc) is 2.77. The number of carboxylic acid groups (broad SMARTS) is 2. The highest BCUT2D eigenvalue weighted by Gasteiger charge is 2.26. The second-order valence-electron chi connectivity index (χ2n) is 8.92. The first-order chi connectivity index (χ1) is 16.0. The molecular weight excluding hydrogens is 440 g/mol. The van der Waals surface area contributed by atoms with Gasteiger partial charge in [0, 0.05) is 21.5 Å². The molecule has 0 aliphatic carbocycles. The monoisotopic (exact) mass is 466 g/mol. The van der Waals surface area contributed by atoms with E-state index in [9.17, 15) is 19.2 Å². The van der Waals surface area contributed by atoms with E-state index in [0.717, 1.165) is 5.56 Å². The Labute approximate surface area is 196 Å². The predicted octanol–water partition coefficient (Wildman–Crippen LogP) is 4.83. The van der Waals surface area contributed by atoms with Crippen molar-refractivity contribution in [3.05, 3.63) is 48.0 Å². The molecule has 0 bridgehead atoms. The minimum Gasteiger partial charge on any atom is -0.481 e. The highest BCUT2D eigenvalue weighted by Crippen LogP contribution is 2.46. The van der Waals surface area contributed by atoms with Gasteiger partial charge in [0.15, 0.2) is 0 Å². The van der Waals surface area contributed by atoms with Crippen molar-refractivity contribution in [2.75, 3.05) is 0 Å². The van der Waals surface area contributed by atoms with Crippen LogP contribution < -0.4 is 9.47 Å². The van der Waals surface area contributed by atoms with Crippen molar-refractivity contribution in [1.29, 1.82) is 0 Å². The lowest BCUT2D eigenvalue weighted by atomic mass is 9.82. The zero-order valence-corrected chi connectivity index (χ0v) is 19.2. The second-order valence-corrected chi connectivity index (χ2v) is 8.92. The number of carboxylic acids is 2. The number of ether oxygens (including phenoxy) is 2. The predicted molar refractivity (Wildman–Crippen MR) is 125 cm³/mol. The van der Waals surface area contributed by atoms with E-state index in [1.807, 2.05) is 32.9 Å². The van der Waals surface area contributed by atoms with Crippen LogP contribution in [-0.2, 0) is 24.6 Å². The van der Waals surface area contributed by atoms with Crippen LogP contribution in [0, 0.1) is 0 Å². The van der Waals surface area contributed by atoms with Gasteiger partial charge in [-0.2, -0.15) is 0 Å². The second kappa shape index (κ2) is 9.91. The van der Waals surface area contributed by atoms with E-state index in [-0.39, 0.29) is 42.6 Å². The van der Waals surface area contributed by atoms with E-state index in [2.05, 4.69) is 0 Å². The number of esters is 2. The highest BCUT2D eigenvalue weighted by molar-refractivity contribution is 6.14. The van der Waals surface area contributed by atoms with Crippen LogP contribution in [0.4, 0.5) is 0 Å². The summed E-state index contributed by atoms with van der Waals surface area (Å²) >= 11 is 0. The fraction of sp³-hybridized carbons (Fsp3) is 0.308. The maximum absolute atomic E-state index is 12.6. The van der Waals surface area contributed by atoms with Crippen LogP contribution in [0.25, 0.3) is 21.5 Å². The topological polar surface area (TPSA) is 127 Å². The minimum absolute atomic E-state index is 0.248. The molecule has 178 valence electrons. The van der Waals surface area contributed by atoms with Gasteiger partial charge in [-0.1, -0.05) is 63.2 Å². The third-order valence-corrected chi connectivity index (χ3v) is 5.28. The van der Waals surface area contributed by atoms with Crippen molar-refractivity contribution >= 4 is 45.4 Å². The first-order valence-electron chi connectivity index (χ1n) is 10.8. The van der Waals surface area contributed by atoms with Crippen LogP contribution in [0.2, 0.25) is 0 Å². The summed E-state index contributed by atoms with van der Waals surface area (Å²) in [5.74, 6) is -3.09. The van der Waals surface area contributed by atoms with Gasteiger partial charge in [0.25, 0.3) is 0 Å². The summed E-state index contributed by atoms with van der Waals surface area (Å²) in [4.78, 5) is 46.8. The third kappa shape index (κ3) is 5.51. The summed E-state index contributed by atoms with van der Waals surface area (Å²) in [6, 6.07) is 12.4. The number of hydrogen-bond acceptors (Lipinski definition) is 6. The molecule has 0 fully saturated rings. The van der Waals surface area contributed by atoms with Crippen LogP contribution in [0.15, 0.2) is 42.5 Å². The average molecular weight is 466 g/mol. The standard InChI is InChI=1S/C26H26O8/c1-26(2,3)18-10-6-9-17-23(18)25(34-22(32)14-12-20(29)30)16-8-5-4-7-15(16)24(17)33-21(31)13-11-19(27)28/h4-10H,11-14H2,1-3H3,(H,27,28)(H,29,30). The van der Waals surface area contributed by atoms with E-state index in [4.69, 9.17) is 19.7 Å². The fourth-order valence-electron chi connectivity index (χ4n) is 3.73. The van der Waals surface area contributed by atoms with Crippen molar-refractivity contribution in [1.82, 2.24) is 0 Å². The van der Waals surface area contributed by atoms with Gasteiger partial charge >= 0.3 is 23.9 Å². The van der Waals surface area contributed by atoms with Crippen molar-refractivity contribution in [3.63, 3.8) is 0 Å². The molecule has 3 rings (SSSR count). The molecule has 34 heavy (non-hydrogen) atoms. The van der Waals surface area contributed by atoms with Crippen molar-refractivity contribution in [2.45, 2.75) is 51.9 Å². The molecule has 0 heterocycles. The zero-order chi connectivity index (χ0) is 25.0. The Bertz CT molecular complexity index is 1280. The number of hydrogen-bond donors (Lipinski definition) is 2. The Morgan fingerprint density at radius 1 is 0.676 bits per heavy atom. The molecule has 3 aromatic rings. The number of rotatable bonds is 8. The Balaban J connectivity index is 2.27. The van der Waals surface area contributed by atoms with Gasteiger partial charge in [-0.25, -0.2) is 0 Å². The molecule has 2 N–H and O–H groups in total. The lowest BCUT2D eigenvalue weighted by Crippen LogP contribution is -2.16. The lowest BCUT2D eigenvalue weighted by Gasteiger charge is -2.25. The molecule has 0 saturated carbocycles. The number of aliphatic carboxylic acids is 2. The van der Waals surface area contributed by atoms with Gasteiger partial charge in [-0.3, -0.25) is 19.2 Å². The fourth-order valence-corrected chi connectivity index (χ4v) is 3.73. The highest BCUT2D eigenvalue weighted by atomic mass is 16.5. The van der Waals surface area contributed by atoms with E-state index in [1.165, 1.54) is 0 Å². The Morgan fingerprint density at radius 2 is 1.15 bits per heavy atom. The zero-order valence-electron chi connectivity index (χ0n) is 19.2. The van der Waals surface area contributed by atoms with Crippen molar-refractivity contribution < 1.29 is 38.9 Å². The number of carbonyl (C=O) groups excluding carboxylic acids is 2. The third-order valence-electron chi connectivity index (χ3n) is 5.28. The Hall–Kier alpha value is -3.94. The molecule has 0 unspecified atom stereocenters. The molecular formula is C26H26O8. The molecule has 3 aromatic carbocycles. The molecule has 0 amide bonds. The summed E-state index contributed by atoms with van der Waals surface area (Å²) < 4.78 is 11.4. The van der Waals surface area contributed by atoms with E-state index in [0.29, 0.717) is 21.5 Å². The molecule has 8 nitrogen and oxygen atoms in total. The van der Waals surface area contributed by atoms with Crippen LogP contribution in [0.1, 0.15) is 52.0 Å². The van der Waals surface area contributed by atoms with Gasteiger partial charge in [0.2, 0.25) is 0 Å². The summed E-state index contributed by atoms with van der Waals surface area (Å²) in [6.07, 6.45) is -1.31. The molecule has 0 saturated heterocycles. The van der Waals surface area contributed by atoms with Gasteiger partial charge in [0.1, 0.15) is 11.5 Å². The van der Waals surface area contributed by atoms with Gasteiger partial charge in [-0.05, 0) is 11.0 Å². The van der Waals surface area contributed by atoms with E-state index >= 15 is 0 Å². The number of fused-ring (bicyclic) bond motifs is 2. The minimum atomic E-state index is -1.11. The maximum Gasteiger partial charge on any atom is 0.311 e. The molecule has 0 atom stereocenters. The molecule has 0 spiro atoms. The smallest absolute Gasteiger partial charge is 0.311 e. The first-order valence-corrected chi connectivity index (χ1v) is 10.8. The van der Waals surface area contributed by atoms with E-state index in [1.54, 1.807) is 30.3 Å². The summed E-state index contributed by atoms with van der Waals surface area (Å²) in [5.41, 5.74) is 0.453. The quantitative estimate of drug-likeness (QED) is 0.274. The molecule has 0 aromatic heterocycles. The molecule has 8 heteroatoms. The molecule has 0 aliphatic heterocycles. The maximum atomic E-state index is 12.6. The SMILES string of the molecule is CC(C)(C)c1cccc2c(OC(=O)CCC(=O)O)c3ccccc3c(OC(=O)CCC(=O)O)c12. The molecule has 0 radical (unpaired) electrons. The van der Waals surface area contributed by atoms with Gasteiger partial charge in [0.05, 0.1) is 25.7 Å². The normalized spacial score (nSPS) is 11.4. The Kier molecular flexibility index (Phi) is 7.20. The van der Waals surface area contributed by atoms with Crippen LogP contribution in [-0.4, -0.2) is 34.1 Å². The summed E-state index contributed by atoms with van der Waals surface area (Å²) in [5, 5.41) is 19.9. The van der Waals surface area contributed by atoms with Gasteiger partial charge in [-0.15, -0.1) is 0 Å². The lowest BCUT2D eigenvalue weighted by molar-refractivity contribution is -0.142.